The van der Waals surface area contributed by atoms with Gasteiger partial charge in [0, 0.05) is 6.42 Å². The number of hydrogen-bond acceptors (Lipinski definition) is 7. The minimum atomic E-state index is -4.05. The zero-order valence-electron chi connectivity index (χ0n) is 14.2. The second-order valence-electron chi connectivity index (χ2n) is 4.96. The van der Waals surface area contributed by atoms with Crippen LogP contribution in [-0.2, 0) is 13.7 Å². The van der Waals surface area contributed by atoms with Gasteiger partial charge in [-0.25, -0.2) is 4.57 Å². The fourth-order valence-electron chi connectivity index (χ4n) is 1.89. The zero-order valence-corrected chi connectivity index (χ0v) is 16.0. The Morgan fingerprint density at radius 3 is 2.00 bits per heavy atom. The number of allylic oxidation sites excluding steroid dienone is 2. The van der Waals surface area contributed by atoms with E-state index in [0.29, 0.717) is 17.9 Å². The molecular weight excluding hydrogens is 378 g/mol. The van der Waals surface area contributed by atoms with Crippen molar-refractivity contribution < 1.29 is 32.3 Å². The molecule has 0 radical (unpaired) electrons. The highest BCUT2D eigenvalue weighted by Gasteiger charge is 2.33. The molecule has 0 amide bonds. The summed E-state index contributed by atoms with van der Waals surface area (Å²) < 4.78 is 44.8. The average molecular weight is 396 g/mol. The summed E-state index contributed by atoms with van der Waals surface area (Å²) in [4.78, 5) is 0. The van der Waals surface area contributed by atoms with Crippen molar-refractivity contribution in [2.24, 2.45) is 0 Å². The summed E-state index contributed by atoms with van der Waals surface area (Å²) >= 11 is 0. The van der Waals surface area contributed by atoms with Crippen molar-refractivity contribution in [2.75, 3.05) is 0 Å². The van der Waals surface area contributed by atoms with E-state index in [0.717, 1.165) is 0 Å². The Labute approximate surface area is 153 Å². The Balaban J connectivity index is 2.25. The highest BCUT2D eigenvalue weighted by molar-refractivity contribution is 7.49. The smallest absolute Gasteiger partial charge is 0.508 e. The molecule has 0 aliphatic rings. The van der Waals surface area contributed by atoms with E-state index in [1.807, 2.05) is 6.92 Å². The first kappa shape index (κ1) is 19.8. The van der Waals surface area contributed by atoms with E-state index in [1.165, 1.54) is 48.5 Å². The van der Waals surface area contributed by atoms with Crippen LogP contribution in [0.15, 0.2) is 60.4 Å². The normalized spacial score (nSPS) is 13.7. The zero-order chi connectivity index (χ0) is 19.0. The van der Waals surface area contributed by atoms with Gasteiger partial charge in [-0.15, -0.1) is 0 Å². The molecule has 2 aromatic rings. The molecule has 0 saturated carbocycles. The molecule has 1 N–H and O–H groups in total. The number of phenols is 1. The Morgan fingerprint density at radius 1 is 1.04 bits per heavy atom. The van der Waals surface area contributed by atoms with E-state index < -0.39 is 16.5 Å². The Kier molecular flexibility index (Phi) is 7.07. The molecule has 0 aliphatic heterocycles. The van der Waals surface area contributed by atoms with Gasteiger partial charge in [0.15, 0.2) is 0 Å². The van der Waals surface area contributed by atoms with Crippen molar-refractivity contribution in [1.29, 1.82) is 0 Å². The molecule has 0 aromatic heterocycles. The summed E-state index contributed by atoms with van der Waals surface area (Å²) in [6.07, 6.45) is 2.17. The largest absolute Gasteiger partial charge is 0.646 e. The molecule has 1 atom stereocenters. The Morgan fingerprint density at radius 2 is 1.54 bits per heavy atom. The first-order valence-corrected chi connectivity index (χ1v) is 9.90. The second-order valence-corrected chi connectivity index (χ2v) is 6.73. The van der Waals surface area contributed by atoms with Crippen molar-refractivity contribution in [3.8, 4) is 23.0 Å². The van der Waals surface area contributed by atoms with Gasteiger partial charge in [-0.3, -0.25) is 0 Å². The van der Waals surface area contributed by atoms with Crippen LogP contribution in [0, 0.1) is 0 Å². The molecule has 0 fully saturated rings. The SMILES string of the molecule is CC=C(CC)OP(=O)(Oc1ccc(O)cc1)Oc1ccc(OP=O)cc1. The fourth-order valence-corrected chi connectivity index (χ4v) is 3.49. The van der Waals surface area contributed by atoms with E-state index in [-0.39, 0.29) is 17.2 Å². The molecule has 9 heteroatoms. The molecule has 2 rings (SSSR count). The highest BCUT2D eigenvalue weighted by Crippen LogP contribution is 2.52. The predicted molar refractivity (Wildman–Crippen MR) is 96.8 cm³/mol. The molecule has 138 valence electrons. The van der Waals surface area contributed by atoms with Gasteiger partial charge >= 0.3 is 16.5 Å². The van der Waals surface area contributed by atoms with Gasteiger partial charge in [-0.1, -0.05) is 6.92 Å². The maximum Gasteiger partial charge on any atom is 0.646 e. The summed E-state index contributed by atoms with van der Waals surface area (Å²) in [5.74, 6) is 1.27. The van der Waals surface area contributed by atoms with Crippen LogP contribution in [-0.4, -0.2) is 5.11 Å². The van der Waals surface area contributed by atoms with Crippen LogP contribution in [0.5, 0.6) is 23.0 Å². The number of rotatable bonds is 9. The summed E-state index contributed by atoms with van der Waals surface area (Å²) in [5, 5.41) is 9.35. The molecule has 1 unspecified atom stereocenters. The third kappa shape index (κ3) is 5.80. The number of phosphoric ester groups is 1. The van der Waals surface area contributed by atoms with E-state index in [2.05, 4.69) is 0 Å². The molecule has 0 aliphatic carbocycles. The monoisotopic (exact) mass is 396 g/mol. The van der Waals surface area contributed by atoms with Crippen LogP contribution in [0.4, 0.5) is 0 Å². The van der Waals surface area contributed by atoms with Crippen LogP contribution in [0.3, 0.4) is 0 Å². The number of hydrogen-bond donors (Lipinski definition) is 1. The second kappa shape index (κ2) is 9.27. The van der Waals surface area contributed by atoms with Gasteiger partial charge in [-0.2, -0.15) is 4.57 Å². The summed E-state index contributed by atoms with van der Waals surface area (Å²) in [6, 6.07) is 11.6. The summed E-state index contributed by atoms with van der Waals surface area (Å²) in [5.41, 5.74) is 0. The van der Waals surface area contributed by atoms with Gasteiger partial charge < -0.3 is 23.2 Å². The number of benzene rings is 2. The minimum absolute atomic E-state index is 0.0463. The number of phosphoric acid groups is 1. The van der Waals surface area contributed by atoms with Gasteiger partial charge in [0.1, 0.15) is 28.8 Å². The highest BCUT2D eigenvalue weighted by atomic mass is 31.2. The molecule has 0 saturated heterocycles. The third-order valence-corrected chi connectivity index (χ3v) is 4.75. The lowest BCUT2D eigenvalue weighted by molar-refractivity contribution is 0.251. The van der Waals surface area contributed by atoms with E-state index >= 15 is 0 Å². The van der Waals surface area contributed by atoms with Crippen molar-refractivity contribution >= 4 is 16.5 Å². The summed E-state index contributed by atoms with van der Waals surface area (Å²) in [6.45, 7) is 3.59. The van der Waals surface area contributed by atoms with Gasteiger partial charge in [0.05, 0.1) is 0 Å². The quantitative estimate of drug-likeness (QED) is 0.418. The first-order valence-electron chi connectivity index (χ1n) is 7.70. The van der Waals surface area contributed by atoms with Crippen molar-refractivity contribution in [1.82, 2.24) is 0 Å². The lowest BCUT2D eigenvalue weighted by atomic mass is 10.3. The fraction of sp³-hybridized carbons (Fsp3) is 0.176. The van der Waals surface area contributed by atoms with Crippen LogP contribution in [0.25, 0.3) is 0 Å². The van der Waals surface area contributed by atoms with Crippen molar-refractivity contribution in [2.45, 2.75) is 20.3 Å². The molecule has 0 heterocycles. The van der Waals surface area contributed by atoms with Crippen molar-refractivity contribution in [3.63, 3.8) is 0 Å². The third-order valence-electron chi connectivity index (χ3n) is 3.14. The number of phenolic OH excluding ortho intramolecular Hbond substituents is 1. The van der Waals surface area contributed by atoms with E-state index in [1.54, 1.807) is 13.0 Å². The van der Waals surface area contributed by atoms with Crippen LogP contribution in [0.2, 0.25) is 0 Å². The van der Waals surface area contributed by atoms with Crippen LogP contribution in [0.1, 0.15) is 20.3 Å². The van der Waals surface area contributed by atoms with Crippen LogP contribution < -0.4 is 13.6 Å². The molecule has 0 spiro atoms. The Bertz CT molecular complexity index is 801. The van der Waals surface area contributed by atoms with Gasteiger partial charge in [0.2, 0.25) is 0 Å². The topological polar surface area (TPSA) is 91.3 Å². The lowest BCUT2D eigenvalue weighted by Gasteiger charge is -2.20. The van der Waals surface area contributed by atoms with E-state index in [4.69, 9.17) is 18.1 Å². The van der Waals surface area contributed by atoms with Crippen LogP contribution >= 0.6 is 16.5 Å². The average Bonchev–Trinajstić information content (AvgIpc) is 2.63. The number of aromatic hydroxyl groups is 1. The maximum atomic E-state index is 13.1. The minimum Gasteiger partial charge on any atom is -0.508 e. The van der Waals surface area contributed by atoms with Gasteiger partial charge in [0.25, 0.3) is 0 Å². The van der Waals surface area contributed by atoms with Gasteiger partial charge in [-0.05, 0) is 61.5 Å². The molecule has 7 nitrogen and oxygen atoms in total. The van der Waals surface area contributed by atoms with E-state index in [9.17, 15) is 14.2 Å². The maximum absolute atomic E-state index is 13.1. The molecule has 0 bridgehead atoms. The Hall–Kier alpha value is -2.49. The lowest BCUT2D eigenvalue weighted by Crippen LogP contribution is -2.05. The standard InChI is InChI=1S/C17H18O7P2/c1-3-14(4-2)22-26(20,23-16-7-5-13(18)6-8-16)24-17-11-9-15(10-12-17)21-25-19/h3,5-12,18H,4H2,1-2H3. The van der Waals surface area contributed by atoms with Crippen molar-refractivity contribution in [3.05, 3.63) is 60.4 Å². The molecule has 26 heavy (non-hydrogen) atoms. The predicted octanol–water partition coefficient (Wildman–Crippen LogP) is 5.87. The molecular formula is C17H18O7P2. The summed E-state index contributed by atoms with van der Waals surface area (Å²) in [7, 11) is -4.53. The first-order chi connectivity index (χ1) is 12.5. The molecule has 2 aromatic carbocycles.